The maximum atomic E-state index is 10.9. The van der Waals surface area contributed by atoms with Gasteiger partial charge >= 0.3 is 0 Å². The Bertz CT molecular complexity index is 968. The number of rotatable bonds is 6. The van der Waals surface area contributed by atoms with Crippen LogP contribution in [0.2, 0.25) is 0 Å². The van der Waals surface area contributed by atoms with Crippen molar-refractivity contribution >= 4 is 0 Å². The quantitative estimate of drug-likeness (QED) is 0.665. The number of hydrogen-bond acceptors (Lipinski definition) is 4. The van der Waals surface area contributed by atoms with E-state index in [0.29, 0.717) is 5.75 Å². The molecule has 1 heterocycles. The molecular weight excluding hydrogens is 362 g/mol. The van der Waals surface area contributed by atoms with Crippen molar-refractivity contribution in [3.8, 4) is 28.4 Å². The number of ether oxygens (including phenoxy) is 2. The third-order valence-corrected chi connectivity index (χ3v) is 5.70. The minimum Gasteiger partial charge on any atom is -0.504 e. The molecule has 0 radical (unpaired) electrons. The number of phenolic OH excluding ortho intramolecular Hbond substituents is 1. The number of phenols is 1. The van der Waals surface area contributed by atoms with Crippen molar-refractivity contribution in [2.75, 3.05) is 27.3 Å². The van der Waals surface area contributed by atoms with Crippen LogP contribution in [0.4, 0.5) is 0 Å². The molecule has 0 spiro atoms. The van der Waals surface area contributed by atoms with Crippen molar-refractivity contribution in [1.82, 2.24) is 4.90 Å². The molecule has 0 atom stereocenters. The Morgan fingerprint density at radius 2 is 1.72 bits per heavy atom. The first kappa shape index (κ1) is 19.3. The monoisotopic (exact) mass is 389 g/mol. The van der Waals surface area contributed by atoms with E-state index >= 15 is 0 Å². The molecule has 4 heteroatoms. The van der Waals surface area contributed by atoms with Gasteiger partial charge in [-0.1, -0.05) is 42.5 Å². The highest BCUT2D eigenvalue weighted by molar-refractivity contribution is 5.78. The van der Waals surface area contributed by atoms with Crippen LogP contribution in [0, 0.1) is 0 Å². The molecule has 4 rings (SSSR count). The second-order valence-electron chi connectivity index (χ2n) is 7.43. The highest BCUT2D eigenvalue weighted by Crippen LogP contribution is 2.44. The van der Waals surface area contributed by atoms with E-state index in [-0.39, 0.29) is 5.75 Å². The summed E-state index contributed by atoms with van der Waals surface area (Å²) in [6.45, 7) is 2.83. The smallest absolute Gasteiger partial charge is 0.166 e. The van der Waals surface area contributed by atoms with Gasteiger partial charge in [0.15, 0.2) is 11.5 Å². The fourth-order valence-corrected chi connectivity index (χ4v) is 4.07. The molecule has 0 fully saturated rings. The molecule has 0 aromatic heterocycles. The van der Waals surface area contributed by atoms with Crippen LogP contribution >= 0.6 is 0 Å². The highest BCUT2D eigenvalue weighted by atomic mass is 16.5. The van der Waals surface area contributed by atoms with Crippen molar-refractivity contribution in [2.24, 2.45) is 0 Å². The first-order valence-electron chi connectivity index (χ1n) is 10.0. The van der Waals surface area contributed by atoms with E-state index in [1.54, 1.807) is 14.2 Å². The number of hydrogen-bond donors (Lipinski definition) is 1. The van der Waals surface area contributed by atoms with E-state index in [1.807, 2.05) is 30.3 Å². The maximum Gasteiger partial charge on any atom is 0.166 e. The van der Waals surface area contributed by atoms with Gasteiger partial charge in [-0.2, -0.15) is 0 Å². The van der Waals surface area contributed by atoms with Gasteiger partial charge in [0.1, 0.15) is 5.75 Å². The van der Waals surface area contributed by atoms with Gasteiger partial charge in [0.2, 0.25) is 0 Å². The topological polar surface area (TPSA) is 41.9 Å². The first-order valence-corrected chi connectivity index (χ1v) is 10.0. The SMILES string of the molecule is COc1ccc(-c2c(O)c(OC)cc3c2CN(CCc2ccccc2)CC3)cc1. The largest absolute Gasteiger partial charge is 0.504 e. The molecule has 0 saturated heterocycles. The van der Waals surface area contributed by atoms with Crippen LogP contribution in [0.5, 0.6) is 17.2 Å². The number of aromatic hydroxyl groups is 1. The van der Waals surface area contributed by atoms with E-state index < -0.39 is 0 Å². The normalized spacial score (nSPS) is 13.7. The predicted octanol–water partition coefficient (Wildman–Crippen LogP) is 4.68. The van der Waals surface area contributed by atoms with Crippen molar-refractivity contribution in [3.63, 3.8) is 0 Å². The van der Waals surface area contributed by atoms with Gasteiger partial charge in [-0.05, 0) is 53.3 Å². The molecule has 1 N–H and O–H groups in total. The molecule has 0 bridgehead atoms. The molecule has 3 aromatic rings. The Balaban J connectivity index is 1.65. The van der Waals surface area contributed by atoms with Gasteiger partial charge in [-0.25, -0.2) is 0 Å². The molecule has 150 valence electrons. The minimum atomic E-state index is 0.210. The average Bonchev–Trinajstić information content (AvgIpc) is 2.78. The van der Waals surface area contributed by atoms with E-state index in [2.05, 4.69) is 35.2 Å². The Hall–Kier alpha value is -2.98. The van der Waals surface area contributed by atoms with E-state index in [0.717, 1.165) is 49.4 Å². The summed E-state index contributed by atoms with van der Waals surface area (Å²) in [6, 6.07) is 20.4. The zero-order valence-corrected chi connectivity index (χ0v) is 17.0. The van der Waals surface area contributed by atoms with Crippen LogP contribution in [-0.2, 0) is 19.4 Å². The Morgan fingerprint density at radius 3 is 2.41 bits per heavy atom. The average molecular weight is 389 g/mol. The Kier molecular flexibility index (Phi) is 5.72. The fourth-order valence-electron chi connectivity index (χ4n) is 4.07. The summed E-state index contributed by atoms with van der Waals surface area (Å²) in [5, 5.41) is 10.9. The van der Waals surface area contributed by atoms with Crippen molar-refractivity contribution in [2.45, 2.75) is 19.4 Å². The second kappa shape index (κ2) is 8.58. The molecule has 3 aromatic carbocycles. The molecule has 1 aliphatic heterocycles. The molecule has 1 aliphatic rings. The van der Waals surface area contributed by atoms with Gasteiger partial charge < -0.3 is 14.6 Å². The minimum absolute atomic E-state index is 0.210. The van der Waals surface area contributed by atoms with Gasteiger partial charge in [-0.15, -0.1) is 0 Å². The standard InChI is InChI=1S/C25H27NO3/c1-28-21-10-8-19(9-11-21)24-22-17-26(14-12-18-6-4-3-5-7-18)15-13-20(22)16-23(29-2)25(24)27/h3-11,16,27H,12-15,17H2,1-2H3. The van der Waals surface area contributed by atoms with E-state index in [9.17, 15) is 5.11 Å². The molecule has 0 aliphatic carbocycles. The lowest BCUT2D eigenvalue weighted by Gasteiger charge is -2.31. The molecule has 29 heavy (non-hydrogen) atoms. The first-order chi connectivity index (χ1) is 14.2. The molecular formula is C25H27NO3. The van der Waals surface area contributed by atoms with Crippen molar-refractivity contribution < 1.29 is 14.6 Å². The summed E-state index contributed by atoms with van der Waals surface area (Å²) in [5.74, 6) is 1.54. The summed E-state index contributed by atoms with van der Waals surface area (Å²) in [6.07, 6.45) is 1.97. The lowest BCUT2D eigenvalue weighted by Crippen LogP contribution is -2.32. The third kappa shape index (κ3) is 4.08. The Morgan fingerprint density at radius 1 is 0.966 bits per heavy atom. The Labute approximate surface area is 172 Å². The zero-order chi connectivity index (χ0) is 20.2. The number of benzene rings is 3. The number of nitrogens with zero attached hydrogens (tertiary/aromatic N) is 1. The van der Waals surface area contributed by atoms with Gasteiger partial charge in [0.05, 0.1) is 14.2 Å². The summed E-state index contributed by atoms with van der Waals surface area (Å²) in [4.78, 5) is 2.47. The van der Waals surface area contributed by atoms with Crippen LogP contribution < -0.4 is 9.47 Å². The van der Waals surface area contributed by atoms with Gasteiger partial charge in [0, 0.05) is 25.2 Å². The zero-order valence-electron chi connectivity index (χ0n) is 17.0. The molecule has 0 amide bonds. The van der Waals surface area contributed by atoms with Gasteiger partial charge in [0.25, 0.3) is 0 Å². The van der Waals surface area contributed by atoms with Crippen LogP contribution in [0.1, 0.15) is 16.7 Å². The summed E-state index contributed by atoms with van der Waals surface area (Å²) in [7, 11) is 3.26. The number of fused-ring (bicyclic) bond motifs is 1. The number of methoxy groups -OCH3 is 2. The molecule has 0 unspecified atom stereocenters. The maximum absolute atomic E-state index is 10.9. The summed E-state index contributed by atoms with van der Waals surface area (Å²) < 4.78 is 10.8. The van der Waals surface area contributed by atoms with Crippen LogP contribution in [0.25, 0.3) is 11.1 Å². The fraction of sp³-hybridized carbons (Fsp3) is 0.280. The van der Waals surface area contributed by atoms with E-state index in [4.69, 9.17) is 9.47 Å². The highest BCUT2D eigenvalue weighted by Gasteiger charge is 2.25. The van der Waals surface area contributed by atoms with Crippen LogP contribution in [0.15, 0.2) is 60.7 Å². The molecule has 4 nitrogen and oxygen atoms in total. The van der Waals surface area contributed by atoms with Gasteiger partial charge in [-0.3, -0.25) is 4.90 Å². The lowest BCUT2D eigenvalue weighted by molar-refractivity contribution is 0.256. The van der Waals surface area contributed by atoms with Crippen LogP contribution in [-0.4, -0.2) is 37.3 Å². The predicted molar refractivity (Wildman–Crippen MR) is 116 cm³/mol. The van der Waals surface area contributed by atoms with Crippen LogP contribution in [0.3, 0.4) is 0 Å². The van der Waals surface area contributed by atoms with Crippen molar-refractivity contribution in [3.05, 3.63) is 77.4 Å². The summed E-state index contributed by atoms with van der Waals surface area (Å²) >= 11 is 0. The third-order valence-electron chi connectivity index (χ3n) is 5.70. The lowest BCUT2D eigenvalue weighted by atomic mass is 9.89. The van der Waals surface area contributed by atoms with Crippen molar-refractivity contribution in [1.29, 1.82) is 0 Å². The molecule has 0 saturated carbocycles. The van der Waals surface area contributed by atoms with E-state index in [1.165, 1.54) is 16.7 Å². The second-order valence-corrected chi connectivity index (χ2v) is 7.43. The summed E-state index contributed by atoms with van der Waals surface area (Å²) in [5.41, 5.74) is 5.63.